The van der Waals surface area contributed by atoms with Crippen molar-refractivity contribution < 1.29 is 9.47 Å². The predicted octanol–water partition coefficient (Wildman–Crippen LogP) is 3.15. The van der Waals surface area contributed by atoms with Crippen LogP contribution in [-0.2, 0) is 13.2 Å². The number of benzene rings is 1. The molecule has 0 N–H and O–H groups in total. The van der Waals surface area contributed by atoms with E-state index in [0.29, 0.717) is 12.4 Å². The fourth-order valence-corrected chi connectivity index (χ4v) is 3.99. The zero-order valence-electron chi connectivity index (χ0n) is 14.9. The molecule has 4 rings (SSSR count). The van der Waals surface area contributed by atoms with Gasteiger partial charge in [0.1, 0.15) is 6.61 Å². The van der Waals surface area contributed by atoms with Crippen LogP contribution in [0, 0.1) is 0 Å². The zero-order chi connectivity index (χ0) is 17.8. The minimum atomic E-state index is 0.386. The van der Waals surface area contributed by atoms with Crippen molar-refractivity contribution in [2.45, 2.75) is 38.8 Å². The molecule has 3 aromatic rings. The lowest BCUT2D eigenvalue weighted by Crippen LogP contribution is -2.25. The van der Waals surface area contributed by atoms with Crippen LogP contribution >= 0.6 is 11.3 Å². The molecule has 1 fully saturated rings. The molecule has 1 aliphatic rings. The molecule has 138 valence electrons. The number of methoxy groups -OCH3 is 1. The van der Waals surface area contributed by atoms with Gasteiger partial charge in [-0.25, -0.2) is 0 Å². The summed E-state index contributed by atoms with van der Waals surface area (Å²) in [5.74, 6) is 2.34. The monoisotopic (exact) mass is 373 g/mol. The normalized spacial score (nSPS) is 15.9. The number of nitrogens with zero attached hydrogens (tertiary/aromatic N) is 5. The molecule has 0 amide bonds. The summed E-state index contributed by atoms with van der Waals surface area (Å²) >= 11 is 1.51. The Hall–Kier alpha value is -2.19. The lowest BCUT2D eigenvalue weighted by molar-refractivity contribution is 0.267. The van der Waals surface area contributed by atoms with Gasteiger partial charge in [-0.15, -0.1) is 10.2 Å². The average Bonchev–Trinajstić information content (AvgIpc) is 3.13. The van der Waals surface area contributed by atoms with Crippen LogP contribution < -0.4 is 9.47 Å². The molecule has 0 unspecified atom stereocenters. The van der Waals surface area contributed by atoms with E-state index in [1.165, 1.54) is 37.0 Å². The number of fused-ring (bicyclic) bond motifs is 1. The zero-order valence-corrected chi connectivity index (χ0v) is 15.7. The minimum Gasteiger partial charge on any atom is -0.493 e. The third kappa shape index (κ3) is 3.81. The van der Waals surface area contributed by atoms with Gasteiger partial charge in [0.15, 0.2) is 22.3 Å². The van der Waals surface area contributed by atoms with Crippen molar-refractivity contribution in [1.29, 1.82) is 0 Å². The molecular formula is C18H23N5O2S. The summed E-state index contributed by atoms with van der Waals surface area (Å²) in [5, 5.41) is 14.1. The predicted molar refractivity (Wildman–Crippen MR) is 99.7 cm³/mol. The van der Waals surface area contributed by atoms with Crippen molar-refractivity contribution in [3.63, 3.8) is 0 Å². The van der Waals surface area contributed by atoms with Gasteiger partial charge in [-0.1, -0.05) is 36.3 Å². The number of para-hydroxylation sites is 2. The summed E-state index contributed by atoms with van der Waals surface area (Å²) < 4.78 is 13.0. The number of likely N-dealkylation sites (tertiary alicyclic amines) is 1. The Bertz CT molecular complexity index is 854. The second-order valence-corrected chi connectivity index (χ2v) is 7.48. The van der Waals surface area contributed by atoms with E-state index in [1.54, 1.807) is 7.11 Å². The fraction of sp³-hybridized carbons (Fsp3) is 0.500. The molecular weight excluding hydrogens is 350 g/mol. The second kappa shape index (κ2) is 8.01. The average molecular weight is 373 g/mol. The highest BCUT2D eigenvalue weighted by Gasteiger charge is 2.16. The topological polar surface area (TPSA) is 64.8 Å². The van der Waals surface area contributed by atoms with Crippen molar-refractivity contribution >= 4 is 16.3 Å². The highest BCUT2D eigenvalue weighted by Crippen LogP contribution is 2.27. The van der Waals surface area contributed by atoms with Crippen molar-refractivity contribution in [2.75, 3.05) is 20.2 Å². The molecule has 7 nitrogen and oxygen atoms in total. The number of hydrogen-bond donors (Lipinski definition) is 0. The van der Waals surface area contributed by atoms with E-state index in [9.17, 15) is 0 Å². The molecule has 0 spiro atoms. The third-order valence-electron chi connectivity index (χ3n) is 4.58. The van der Waals surface area contributed by atoms with Crippen molar-refractivity contribution in [3.05, 3.63) is 35.1 Å². The van der Waals surface area contributed by atoms with E-state index in [-0.39, 0.29) is 0 Å². The highest BCUT2D eigenvalue weighted by atomic mass is 32.1. The van der Waals surface area contributed by atoms with Gasteiger partial charge in [0.25, 0.3) is 0 Å². The van der Waals surface area contributed by atoms with Gasteiger partial charge >= 0.3 is 0 Å². The Labute approximate surface area is 156 Å². The van der Waals surface area contributed by atoms with Crippen LogP contribution in [0.25, 0.3) is 4.96 Å². The largest absolute Gasteiger partial charge is 0.493 e. The molecule has 0 atom stereocenters. The quantitative estimate of drug-likeness (QED) is 0.661. The maximum atomic E-state index is 5.87. The van der Waals surface area contributed by atoms with E-state index in [0.717, 1.165) is 41.2 Å². The van der Waals surface area contributed by atoms with Crippen LogP contribution in [0.2, 0.25) is 0 Å². The highest BCUT2D eigenvalue weighted by molar-refractivity contribution is 7.16. The smallest absolute Gasteiger partial charge is 0.234 e. The van der Waals surface area contributed by atoms with Crippen molar-refractivity contribution in [1.82, 2.24) is 24.7 Å². The summed E-state index contributed by atoms with van der Waals surface area (Å²) in [6.45, 7) is 3.45. The number of aromatic nitrogens is 4. The Morgan fingerprint density at radius 1 is 1.04 bits per heavy atom. The standard InChI is InChI=1S/C18H23N5O2S/c1-24-14-8-4-5-9-15(14)25-13-17-21-23-16(19-20-18(23)26-17)12-22-10-6-2-3-7-11-22/h4-5,8-9H,2-3,6-7,10-13H2,1H3. The maximum absolute atomic E-state index is 5.87. The minimum absolute atomic E-state index is 0.386. The fourth-order valence-electron chi connectivity index (χ4n) is 3.23. The summed E-state index contributed by atoms with van der Waals surface area (Å²) in [4.78, 5) is 3.27. The Morgan fingerprint density at radius 3 is 2.58 bits per heavy atom. The van der Waals surface area contributed by atoms with E-state index in [4.69, 9.17) is 9.47 Å². The van der Waals surface area contributed by atoms with E-state index >= 15 is 0 Å². The number of ether oxygens (including phenoxy) is 2. The molecule has 0 radical (unpaired) electrons. The molecule has 2 aromatic heterocycles. The first kappa shape index (κ1) is 17.2. The first-order valence-electron chi connectivity index (χ1n) is 9.01. The van der Waals surface area contributed by atoms with Crippen LogP contribution in [-0.4, -0.2) is 44.9 Å². The van der Waals surface area contributed by atoms with Gasteiger partial charge in [-0.05, 0) is 38.1 Å². The van der Waals surface area contributed by atoms with E-state index in [2.05, 4.69) is 20.2 Å². The molecule has 1 aromatic carbocycles. The first-order chi connectivity index (χ1) is 12.8. The molecule has 1 aliphatic heterocycles. The van der Waals surface area contributed by atoms with Gasteiger partial charge in [0, 0.05) is 0 Å². The molecule has 3 heterocycles. The lowest BCUT2D eigenvalue weighted by Gasteiger charge is -2.17. The first-order valence-corrected chi connectivity index (χ1v) is 9.83. The van der Waals surface area contributed by atoms with Crippen LogP contribution in [0.1, 0.15) is 36.5 Å². The third-order valence-corrected chi connectivity index (χ3v) is 5.45. The van der Waals surface area contributed by atoms with Gasteiger partial charge in [0.05, 0.1) is 13.7 Å². The summed E-state index contributed by atoms with van der Waals surface area (Å²) in [6, 6.07) is 7.62. The summed E-state index contributed by atoms with van der Waals surface area (Å²) in [5.41, 5.74) is 0. The molecule has 0 aliphatic carbocycles. The summed E-state index contributed by atoms with van der Waals surface area (Å²) in [6.07, 6.45) is 5.17. The van der Waals surface area contributed by atoms with Crippen molar-refractivity contribution in [2.24, 2.45) is 0 Å². The van der Waals surface area contributed by atoms with Crippen LogP contribution in [0.5, 0.6) is 11.5 Å². The van der Waals surface area contributed by atoms with Crippen LogP contribution in [0.15, 0.2) is 24.3 Å². The SMILES string of the molecule is COc1ccccc1OCc1nn2c(CN3CCCCCC3)nnc2s1. The number of hydrogen-bond acceptors (Lipinski definition) is 7. The lowest BCUT2D eigenvalue weighted by atomic mass is 10.2. The molecule has 8 heteroatoms. The molecule has 0 bridgehead atoms. The Balaban J connectivity index is 1.45. The van der Waals surface area contributed by atoms with E-state index < -0.39 is 0 Å². The van der Waals surface area contributed by atoms with E-state index in [1.807, 2.05) is 28.8 Å². The van der Waals surface area contributed by atoms with Gasteiger partial charge in [0.2, 0.25) is 4.96 Å². The number of rotatable bonds is 6. The van der Waals surface area contributed by atoms with Crippen molar-refractivity contribution in [3.8, 4) is 11.5 Å². The Morgan fingerprint density at radius 2 is 1.81 bits per heavy atom. The molecule has 1 saturated heterocycles. The maximum Gasteiger partial charge on any atom is 0.234 e. The Kier molecular flexibility index (Phi) is 5.31. The molecule has 0 saturated carbocycles. The molecule has 26 heavy (non-hydrogen) atoms. The second-order valence-electron chi connectivity index (χ2n) is 6.44. The van der Waals surface area contributed by atoms with Crippen LogP contribution in [0.3, 0.4) is 0 Å². The van der Waals surface area contributed by atoms with Gasteiger partial charge in [-0.2, -0.15) is 9.61 Å². The van der Waals surface area contributed by atoms with Crippen LogP contribution in [0.4, 0.5) is 0 Å². The van der Waals surface area contributed by atoms with Gasteiger partial charge in [-0.3, -0.25) is 4.90 Å². The van der Waals surface area contributed by atoms with Gasteiger partial charge < -0.3 is 9.47 Å². The summed E-state index contributed by atoms with van der Waals surface area (Å²) in [7, 11) is 1.64.